The van der Waals surface area contributed by atoms with Crippen molar-refractivity contribution < 1.29 is 14.4 Å². The molecule has 104 valence electrons. The first kappa shape index (κ1) is 13.9. The third kappa shape index (κ3) is 2.55. The Bertz CT molecular complexity index is 609. The maximum Gasteiger partial charge on any atom is 0.370 e. The summed E-state index contributed by atoms with van der Waals surface area (Å²) in [7, 11) is 0. The molecule has 0 unspecified atom stereocenters. The Labute approximate surface area is 129 Å². The molecule has 2 heterocycles. The van der Waals surface area contributed by atoms with Crippen molar-refractivity contribution in [2.24, 2.45) is 0 Å². The summed E-state index contributed by atoms with van der Waals surface area (Å²) in [4.78, 5) is 29.2. The highest BCUT2D eigenvalue weighted by atomic mass is 35.5. The van der Waals surface area contributed by atoms with Crippen LogP contribution in [0.15, 0.2) is 34.1 Å². The van der Waals surface area contributed by atoms with Crippen molar-refractivity contribution in [3.05, 3.63) is 44.7 Å². The van der Waals surface area contributed by atoms with Crippen molar-refractivity contribution in [1.29, 1.82) is 0 Å². The van der Waals surface area contributed by atoms with Gasteiger partial charge >= 0.3 is 5.97 Å². The molecule has 0 N–H and O–H groups in total. The van der Waals surface area contributed by atoms with E-state index >= 15 is 0 Å². The number of carbonyl (C=O) groups is 2. The zero-order valence-electron chi connectivity index (χ0n) is 10.3. The zero-order chi connectivity index (χ0) is 14.1. The number of thioether (sulfide) groups is 2. The summed E-state index contributed by atoms with van der Waals surface area (Å²) in [6.07, 6.45) is 0. The molecule has 20 heavy (non-hydrogen) atoms. The molecule has 7 heteroatoms. The number of rotatable bonds is 2. The predicted octanol–water partition coefficient (Wildman–Crippen LogP) is 2.83. The fraction of sp³-hybridized carbons (Fsp3) is 0.231. The Morgan fingerprint density at radius 1 is 1.20 bits per heavy atom. The maximum atomic E-state index is 12.3. The molecule has 0 aromatic heterocycles. The van der Waals surface area contributed by atoms with Crippen LogP contribution in [-0.4, -0.2) is 28.4 Å². The average molecular weight is 328 g/mol. The second-order valence-corrected chi connectivity index (χ2v) is 7.05. The van der Waals surface area contributed by atoms with E-state index in [1.807, 2.05) is 12.1 Å². The minimum Gasteiger partial charge on any atom is -0.332 e. The summed E-state index contributed by atoms with van der Waals surface area (Å²) < 4.78 is 0.765. The van der Waals surface area contributed by atoms with Crippen LogP contribution in [0.2, 0.25) is 5.02 Å². The van der Waals surface area contributed by atoms with Gasteiger partial charge in [-0.05, 0) is 11.6 Å². The van der Waals surface area contributed by atoms with Gasteiger partial charge in [0.1, 0.15) is 5.57 Å². The van der Waals surface area contributed by atoms with Gasteiger partial charge < -0.3 is 4.84 Å². The molecule has 0 bridgehead atoms. The van der Waals surface area contributed by atoms with Crippen LogP contribution in [0.4, 0.5) is 0 Å². The van der Waals surface area contributed by atoms with Crippen LogP contribution < -0.4 is 0 Å². The van der Waals surface area contributed by atoms with Crippen molar-refractivity contribution in [2.45, 2.75) is 6.54 Å². The van der Waals surface area contributed by atoms with Crippen molar-refractivity contribution in [2.75, 3.05) is 11.5 Å². The standard InChI is InChI=1S/C13H10ClNO3S2/c14-9-4-2-1-3-8(9)7-15-11(16)10(12(17)18-15)13-19-5-6-20-13/h1-4H,5-7H2. The Balaban J connectivity index is 1.84. The van der Waals surface area contributed by atoms with Gasteiger partial charge in [-0.15, -0.1) is 23.5 Å². The second kappa shape index (κ2) is 5.71. The minimum atomic E-state index is -0.570. The van der Waals surface area contributed by atoms with Gasteiger partial charge in [0.15, 0.2) is 0 Å². The molecule has 0 saturated carbocycles. The molecule has 2 aliphatic rings. The molecule has 3 rings (SSSR count). The molecule has 2 saturated heterocycles. The summed E-state index contributed by atoms with van der Waals surface area (Å²) >= 11 is 9.11. The molecule has 0 spiro atoms. The zero-order valence-corrected chi connectivity index (χ0v) is 12.7. The third-order valence-corrected chi connectivity index (χ3v) is 5.95. The van der Waals surface area contributed by atoms with Gasteiger partial charge in [0.2, 0.25) is 0 Å². The van der Waals surface area contributed by atoms with Crippen molar-refractivity contribution in [3.63, 3.8) is 0 Å². The van der Waals surface area contributed by atoms with Gasteiger partial charge in [-0.25, -0.2) is 4.79 Å². The molecule has 1 aromatic carbocycles. The number of nitrogens with zero attached hydrogens (tertiary/aromatic N) is 1. The van der Waals surface area contributed by atoms with E-state index in [1.54, 1.807) is 12.1 Å². The van der Waals surface area contributed by atoms with Crippen LogP contribution in [0.25, 0.3) is 0 Å². The Morgan fingerprint density at radius 2 is 1.90 bits per heavy atom. The molecule has 0 radical (unpaired) electrons. The van der Waals surface area contributed by atoms with Crippen LogP contribution >= 0.6 is 35.1 Å². The van der Waals surface area contributed by atoms with Gasteiger partial charge in [0.05, 0.1) is 10.8 Å². The van der Waals surface area contributed by atoms with Gasteiger partial charge in [-0.3, -0.25) is 4.79 Å². The highest BCUT2D eigenvalue weighted by Gasteiger charge is 2.40. The maximum absolute atomic E-state index is 12.3. The number of amides is 1. The smallest absolute Gasteiger partial charge is 0.332 e. The van der Waals surface area contributed by atoms with Gasteiger partial charge in [0.25, 0.3) is 5.91 Å². The lowest BCUT2D eigenvalue weighted by Crippen LogP contribution is -2.23. The number of carbonyl (C=O) groups excluding carboxylic acids is 2. The molecule has 1 aromatic rings. The molecular weight excluding hydrogens is 318 g/mol. The van der Waals surface area contributed by atoms with Gasteiger partial charge in [-0.2, -0.15) is 5.06 Å². The first-order valence-corrected chi connectivity index (χ1v) is 8.29. The van der Waals surface area contributed by atoms with Crippen molar-refractivity contribution >= 4 is 47.0 Å². The first-order chi connectivity index (χ1) is 9.66. The van der Waals surface area contributed by atoms with E-state index in [4.69, 9.17) is 16.4 Å². The summed E-state index contributed by atoms with van der Waals surface area (Å²) in [6, 6.07) is 7.17. The number of benzene rings is 1. The van der Waals surface area contributed by atoms with Crippen LogP contribution in [0, 0.1) is 0 Å². The Kier molecular flexibility index (Phi) is 3.96. The molecule has 0 aliphatic carbocycles. The lowest BCUT2D eigenvalue weighted by Gasteiger charge is -2.13. The summed E-state index contributed by atoms with van der Waals surface area (Å²) in [6.45, 7) is 0.163. The van der Waals surface area contributed by atoms with Crippen LogP contribution in [-0.2, 0) is 21.0 Å². The number of hydrogen-bond acceptors (Lipinski definition) is 5. The van der Waals surface area contributed by atoms with Gasteiger partial charge in [0, 0.05) is 16.5 Å². The minimum absolute atomic E-state index is 0.157. The van der Waals surface area contributed by atoms with E-state index in [-0.39, 0.29) is 18.0 Å². The first-order valence-electron chi connectivity index (χ1n) is 5.94. The monoisotopic (exact) mass is 327 g/mol. The lowest BCUT2D eigenvalue weighted by atomic mass is 10.2. The van der Waals surface area contributed by atoms with E-state index < -0.39 is 5.97 Å². The SMILES string of the molecule is O=C1ON(Cc2ccccc2Cl)C(=O)C1=C1SCCS1. The number of halogens is 1. The highest BCUT2D eigenvalue weighted by Crippen LogP contribution is 2.41. The number of hydroxylamine groups is 2. The lowest BCUT2D eigenvalue weighted by molar-refractivity contribution is -0.180. The topological polar surface area (TPSA) is 46.6 Å². The fourth-order valence-corrected chi connectivity index (χ4v) is 4.61. The Hall–Kier alpha value is -1.11. The van der Waals surface area contributed by atoms with Crippen LogP contribution in [0.1, 0.15) is 5.56 Å². The van der Waals surface area contributed by atoms with Gasteiger partial charge in [-0.1, -0.05) is 29.8 Å². The molecule has 2 fully saturated rings. The summed E-state index contributed by atoms with van der Waals surface area (Å²) in [5.41, 5.74) is 0.901. The molecule has 0 atom stereocenters. The average Bonchev–Trinajstić information content (AvgIpc) is 3.02. The quantitative estimate of drug-likeness (QED) is 0.617. The summed E-state index contributed by atoms with van der Waals surface area (Å²) in [5.74, 6) is 0.870. The fourth-order valence-electron chi connectivity index (χ4n) is 1.91. The largest absolute Gasteiger partial charge is 0.370 e. The van der Waals surface area contributed by atoms with Crippen molar-refractivity contribution in [3.8, 4) is 0 Å². The third-order valence-electron chi connectivity index (χ3n) is 2.86. The van der Waals surface area contributed by atoms with Crippen molar-refractivity contribution in [1.82, 2.24) is 5.06 Å². The van der Waals surface area contributed by atoms with E-state index in [0.29, 0.717) is 5.02 Å². The normalized spacial score (nSPS) is 18.9. The molecular formula is C13H10ClNO3S2. The van der Waals surface area contributed by atoms with Crippen LogP contribution in [0.5, 0.6) is 0 Å². The van der Waals surface area contributed by atoms with E-state index in [9.17, 15) is 9.59 Å². The summed E-state index contributed by atoms with van der Waals surface area (Å²) in [5, 5.41) is 1.62. The molecule has 1 amide bonds. The van der Waals surface area contributed by atoms with Crippen LogP contribution in [0.3, 0.4) is 0 Å². The highest BCUT2D eigenvalue weighted by molar-refractivity contribution is 8.25. The van der Waals surface area contributed by atoms with E-state index in [2.05, 4.69) is 0 Å². The number of hydrogen-bond donors (Lipinski definition) is 0. The second-order valence-electron chi connectivity index (χ2n) is 4.17. The molecule has 2 aliphatic heterocycles. The van der Waals surface area contributed by atoms with E-state index in [1.165, 1.54) is 23.5 Å². The Morgan fingerprint density at radius 3 is 2.60 bits per heavy atom. The predicted molar refractivity (Wildman–Crippen MR) is 80.0 cm³/mol. The molecule has 4 nitrogen and oxygen atoms in total. The van der Waals surface area contributed by atoms with E-state index in [0.717, 1.165) is 26.4 Å².